The number of carbonyl (C=O) groups is 1. The van der Waals surface area contributed by atoms with Crippen LogP contribution in [0.3, 0.4) is 0 Å². The Morgan fingerprint density at radius 2 is 1.86 bits per heavy atom. The Morgan fingerprint density at radius 3 is 2.58 bits per heavy atom. The average molecular weight is 516 g/mol. The molecule has 0 atom stereocenters. The second-order valence-electron chi connectivity index (χ2n) is 10.2. The number of benzene rings is 2. The number of nitrogens with zero attached hydrogens (tertiary/aromatic N) is 2. The molecule has 36 heavy (non-hydrogen) atoms. The molecular weight excluding hydrogens is 481 g/mol. The molecule has 2 fully saturated rings. The van der Waals surface area contributed by atoms with Crippen LogP contribution in [-0.4, -0.2) is 38.9 Å². The third-order valence-electron chi connectivity index (χ3n) is 7.60. The molecule has 1 saturated heterocycles. The van der Waals surface area contributed by atoms with Gasteiger partial charge in [-0.05, 0) is 48.9 Å². The van der Waals surface area contributed by atoms with E-state index >= 15 is 4.39 Å². The third-order valence-corrected chi connectivity index (χ3v) is 8.97. The minimum absolute atomic E-state index is 0.140. The van der Waals surface area contributed by atoms with Crippen LogP contribution in [0.25, 0.3) is 0 Å². The molecule has 2 heterocycles. The number of ether oxygens (including phenoxy) is 1. The summed E-state index contributed by atoms with van der Waals surface area (Å²) in [5.41, 5.74) is 2.02. The van der Waals surface area contributed by atoms with Crippen molar-refractivity contribution >= 4 is 21.8 Å². The van der Waals surface area contributed by atoms with E-state index < -0.39 is 28.5 Å². The van der Waals surface area contributed by atoms with Gasteiger partial charge in [0.1, 0.15) is 24.6 Å². The lowest BCUT2D eigenvalue weighted by Crippen LogP contribution is -2.34. The van der Waals surface area contributed by atoms with E-state index in [1.54, 1.807) is 6.07 Å². The first kappa shape index (κ1) is 25.0. The van der Waals surface area contributed by atoms with Gasteiger partial charge >= 0.3 is 10.2 Å². The molecule has 194 valence electrons. The average Bonchev–Trinajstić information content (AvgIpc) is 3.15. The SMILES string of the molecule is O=C1CN(c2c(OCc3ccccc3)cc3c(c2F)CN(CCCC2CCCCC2)CC3)S(=O)(=O)N1. The van der Waals surface area contributed by atoms with E-state index in [2.05, 4.69) is 4.90 Å². The predicted molar refractivity (Wildman–Crippen MR) is 136 cm³/mol. The van der Waals surface area contributed by atoms with Crippen molar-refractivity contribution in [1.29, 1.82) is 0 Å². The second kappa shape index (κ2) is 10.8. The van der Waals surface area contributed by atoms with Crippen molar-refractivity contribution in [3.63, 3.8) is 0 Å². The fourth-order valence-electron chi connectivity index (χ4n) is 5.67. The molecule has 2 aromatic rings. The Kier molecular flexibility index (Phi) is 7.48. The van der Waals surface area contributed by atoms with Crippen molar-refractivity contribution in [3.8, 4) is 5.75 Å². The lowest BCUT2D eigenvalue weighted by atomic mass is 9.86. The lowest BCUT2D eigenvalue weighted by Gasteiger charge is -2.32. The van der Waals surface area contributed by atoms with Crippen LogP contribution >= 0.6 is 0 Å². The molecule has 0 spiro atoms. The van der Waals surface area contributed by atoms with Gasteiger partial charge in [-0.3, -0.25) is 9.69 Å². The zero-order valence-corrected chi connectivity index (χ0v) is 21.4. The molecule has 9 heteroatoms. The Morgan fingerprint density at radius 1 is 1.08 bits per heavy atom. The highest BCUT2D eigenvalue weighted by Crippen LogP contribution is 2.40. The molecule has 1 amide bonds. The summed E-state index contributed by atoms with van der Waals surface area (Å²) in [4.78, 5) is 14.2. The van der Waals surface area contributed by atoms with Crippen molar-refractivity contribution < 1.29 is 22.3 Å². The summed E-state index contributed by atoms with van der Waals surface area (Å²) >= 11 is 0. The van der Waals surface area contributed by atoms with Gasteiger partial charge < -0.3 is 4.74 Å². The number of hydrogen-bond donors (Lipinski definition) is 1. The first-order chi connectivity index (χ1) is 17.4. The van der Waals surface area contributed by atoms with E-state index in [4.69, 9.17) is 4.74 Å². The Balaban J connectivity index is 1.38. The monoisotopic (exact) mass is 515 g/mol. The van der Waals surface area contributed by atoms with Gasteiger partial charge in [0, 0.05) is 18.7 Å². The smallest absolute Gasteiger partial charge is 0.326 e. The molecule has 0 aromatic heterocycles. The molecule has 3 aliphatic rings. The summed E-state index contributed by atoms with van der Waals surface area (Å²) in [7, 11) is -4.18. The number of amides is 1. The highest BCUT2D eigenvalue weighted by atomic mass is 32.2. The summed E-state index contributed by atoms with van der Waals surface area (Å²) in [5.74, 6) is -0.354. The Bertz CT molecular complexity index is 1200. The molecule has 7 nitrogen and oxygen atoms in total. The summed E-state index contributed by atoms with van der Waals surface area (Å²) < 4.78 is 50.1. The molecule has 2 aromatic carbocycles. The standard InChI is InChI=1S/C27H34FN3O4S/c28-26-23-17-30(14-7-12-20-8-3-1-4-9-20)15-13-22(23)16-24(35-19-21-10-5-2-6-11-21)27(26)31-18-25(32)29-36(31,33)34/h2,5-6,10-11,16,20H,1,3-4,7-9,12-15,17-19H2,(H,29,32). The topological polar surface area (TPSA) is 79.0 Å². The maximum Gasteiger partial charge on any atom is 0.326 e. The van der Waals surface area contributed by atoms with Crippen molar-refractivity contribution in [2.24, 2.45) is 5.92 Å². The summed E-state index contributed by atoms with van der Waals surface area (Å²) in [6.07, 6.45) is 9.64. The fraction of sp³-hybridized carbons (Fsp3) is 0.519. The number of carbonyl (C=O) groups excluding carboxylic acids is 1. The normalized spacial score (nSPS) is 20.2. The minimum atomic E-state index is -4.18. The summed E-state index contributed by atoms with van der Waals surface area (Å²) in [6.45, 7) is 1.85. The first-order valence-electron chi connectivity index (χ1n) is 13.0. The number of hydrogen-bond acceptors (Lipinski definition) is 5. The van der Waals surface area contributed by atoms with Crippen molar-refractivity contribution in [3.05, 3.63) is 58.9 Å². The zero-order chi connectivity index (χ0) is 25.1. The Labute approximate surface area is 212 Å². The molecule has 1 aliphatic carbocycles. The van der Waals surface area contributed by atoms with Crippen LogP contribution in [0.2, 0.25) is 0 Å². The lowest BCUT2D eigenvalue weighted by molar-refractivity contribution is -0.117. The van der Waals surface area contributed by atoms with E-state index in [1.165, 1.54) is 38.5 Å². The van der Waals surface area contributed by atoms with Gasteiger partial charge in [0.05, 0.1) is 0 Å². The molecule has 2 aliphatic heterocycles. The van der Waals surface area contributed by atoms with E-state index in [9.17, 15) is 13.2 Å². The van der Waals surface area contributed by atoms with Gasteiger partial charge in [0.2, 0.25) is 0 Å². The zero-order valence-electron chi connectivity index (χ0n) is 20.5. The molecule has 0 unspecified atom stereocenters. The van der Waals surface area contributed by atoms with E-state index in [0.29, 0.717) is 18.5 Å². The van der Waals surface area contributed by atoms with Gasteiger partial charge in [-0.2, -0.15) is 8.42 Å². The largest absolute Gasteiger partial charge is 0.487 e. The second-order valence-corrected chi connectivity index (χ2v) is 11.8. The highest BCUT2D eigenvalue weighted by molar-refractivity contribution is 7.92. The van der Waals surface area contributed by atoms with Gasteiger partial charge in [0.15, 0.2) is 5.82 Å². The van der Waals surface area contributed by atoms with Crippen LogP contribution in [-0.2, 0) is 34.6 Å². The molecule has 0 bridgehead atoms. The molecule has 0 radical (unpaired) electrons. The van der Waals surface area contributed by atoms with Crippen LogP contribution < -0.4 is 13.8 Å². The van der Waals surface area contributed by atoms with Crippen LogP contribution in [0, 0.1) is 11.7 Å². The van der Waals surface area contributed by atoms with E-state index in [0.717, 1.165) is 40.9 Å². The minimum Gasteiger partial charge on any atom is -0.487 e. The van der Waals surface area contributed by atoms with Crippen molar-refractivity contribution in [2.45, 2.75) is 64.5 Å². The van der Waals surface area contributed by atoms with Gasteiger partial charge in [-0.1, -0.05) is 62.4 Å². The van der Waals surface area contributed by atoms with Crippen molar-refractivity contribution in [2.75, 3.05) is 23.9 Å². The predicted octanol–water partition coefficient (Wildman–Crippen LogP) is 4.30. The van der Waals surface area contributed by atoms with Crippen LogP contribution in [0.5, 0.6) is 5.75 Å². The van der Waals surface area contributed by atoms with E-state index in [-0.39, 0.29) is 18.0 Å². The van der Waals surface area contributed by atoms with Gasteiger partial charge in [-0.25, -0.2) is 13.4 Å². The number of anilines is 1. The van der Waals surface area contributed by atoms with Crippen LogP contribution in [0.4, 0.5) is 10.1 Å². The van der Waals surface area contributed by atoms with Crippen molar-refractivity contribution in [1.82, 2.24) is 9.62 Å². The Hall–Kier alpha value is -2.65. The maximum absolute atomic E-state index is 16.1. The first-order valence-corrected chi connectivity index (χ1v) is 14.4. The molecular formula is C27H34FN3O4S. The number of halogens is 1. The molecule has 1 saturated carbocycles. The van der Waals surface area contributed by atoms with E-state index in [1.807, 2.05) is 35.1 Å². The van der Waals surface area contributed by atoms with Crippen LogP contribution in [0.1, 0.15) is 61.6 Å². The quantitative estimate of drug-likeness (QED) is 0.567. The fourth-order valence-corrected chi connectivity index (χ4v) is 6.84. The third kappa shape index (κ3) is 5.52. The summed E-state index contributed by atoms with van der Waals surface area (Å²) in [6, 6.07) is 11.2. The number of nitrogens with one attached hydrogen (secondary N) is 1. The molecule has 5 rings (SSSR count). The number of rotatable bonds is 8. The highest BCUT2D eigenvalue weighted by Gasteiger charge is 2.39. The molecule has 1 N–H and O–H groups in total. The summed E-state index contributed by atoms with van der Waals surface area (Å²) in [5, 5.41) is 0. The maximum atomic E-state index is 16.1. The van der Waals surface area contributed by atoms with Gasteiger partial charge in [0.25, 0.3) is 5.91 Å². The number of fused-ring (bicyclic) bond motifs is 1. The van der Waals surface area contributed by atoms with Gasteiger partial charge in [-0.15, -0.1) is 0 Å². The van der Waals surface area contributed by atoms with Crippen LogP contribution in [0.15, 0.2) is 36.4 Å².